The molecule has 112 valence electrons. The Morgan fingerprint density at radius 2 is 1.75 bits per heavy atom. The molecule has 1 aromatic rings. The molecule has 0 spiro atoms. The molecular formula is C14H19Cl3N2O. The van der Waals surface area contributed by atoms with Gasteiger partial charge >= 0.3 is 0 Å². The average Bonchev–Trinajstić information content (AvgIpc) is 2.43. The van der Waals surface area contributed by atoms with Crippen LogP contribution in [0.5, 0.6) is 0 Å². The topological polar surface area (TPSA) is 32.3 Å². The predicted molar refractivity (Wildman–Crippen MR) is 85.7 cm³/mol. The summed E-state index contributed by atoms with van der Waals surface area (Å²) in [6, 6.07) is 3.38. The fourth-order valence-corrected chi connectivity index (χ4v) is 2.56. The summed E-state index contributed by atoms with van der Waals surface area (Å²) in [4.78, 5) is 13.6. The maximum absolute atomic E-state index is 11.8. The van der Waals surface area contributed by atoms with Gasteiger partial charge in [-0.25, -0.2) is 0 Å². The van der Waals surface area contributed by atoms with Crippen LogP contribution in [0.15, 0.2) is 12.1 Å². The van der Waals surface area contributed by atoms with Gasteiger partial charge in [0.15, 0.2) is 0 Å². The van der Waals surface area contributed by atoms with E-state index in [0.717, 1.165) is 18.7 Å². The SMILES string of the molecule is CCN(CC)C(=O)CCNCc1c(Cl)ccc(Cl)c1Cl. The molecule has 0 aliphatic rings. The Hall–Kier alpha value is -0.480. The largest absolute Gasteiger partial charge is 0.343 e. The van der Waals surface area contributed by atoms with Crippen LogP contribution < -0.4 is 5.32 Å². The van der Waals surface area contributed by atoms with Gasteiger partial charge in [0.1, 0.15) is 0 Å². The third kappa shape index (κ3) is 4.81. The van der Waals surface area contributed by atoms with Crippen molar-refractivity contribution in [1.29, 1.82) is 0 Å². The van der Waals surface area contributed by atoms with Crippen molar-refractivity contribution < 1.29 is 4.79 Å². The average molecular weight is 338 g/mol. The van der Waals surface area contributed by atoms with Crippen LogP contribution in [0, 0.1) is 0 Å². The minimum atomic E-state index is 0.144. The van der Waals surface area contributed by atoms with Gasteiger partial charge in [-0.1, -0.05) is 34.8 Å². The molecule has 0 bridgehead atoms. The Kier molecular flexibility index (Phi) is 7.67. The van der Waals surface area contributed by atoms with E-state index >= 15 is 0 Å². The minimum absolute atomic E-state index is 0.144. The molecule has 0 radical (unpaired) electrons. The molecule has 0 heterocycles. The normalized spacial score (nSPS) is 10.7. The molecule has 1 amide bonds. The van der Waals surface area contributed by atoms with Gasteiger partial charge in [-0.05, 0) is 26.0 Å². The van der Waals surface area contributed by atoms with Gasteiger partial charge in [-0.3, -0.25) is 4.79 Å². The van der Waals surface area contributed by atoms with Gasteiger partial charge in [0.2, 0.25) is 5.91 Å². The highest BCUT2D eigenvalue weighted by Crippen LogP contribution is 2.31. The molecule has 0 atom stereocenters. The van der Waals surface area contributed by atoms with E-state index in [1.807, 2.05) is 13.8 Å². The van der Waals surface area contributed by atoms with Gasteiger partial charge in [-0.2, -0.15) is 0 Å². The first-order chi connectivity index (χ1) is 9.51. The maximum Gasteiger partial charge on any atom is 0.223 e. The van der Waals surface area contributed by atoms with Crippen molar-refractivity contribution in [3.05, 3.63) is 32.8 Å². The number of amides is 1. The second kappa shape index (κ2) is 8.73. The lowest BCUT2D eigenvalue weighted by molar-refractivity contribution is -0.130. The van der Waals surface area contributed by atoms with Crippen molar-refractivity contribution in [3.8, 4) is 0 Å². The van der Waals surface area contributed by atoms with Crippen molar-refractivity contribution in [3.63, 3.8) is 0 Å². The minimum Gasteiger partial charge on any atom is -0.343 e. The molecule has 0 saturated carbocycles. The molecule has 0 aromatic heterocycles. The summed E-state index contributed by atoms with van der Waals surface area (Å²) in [5.41, 5.74) is 0.760. The van der Waals surface area contributed by atoms with Crippen molar-refractivity contribution in [2.75, 3.05) is 19.6 Å². The zero-order chi connectivity index (χ0) is 15.1. The number of halogens is 3. The van der Waals surface area contributed by atoms with Gasteiger partial charge in [0, 0.05) is 43.2 Å². The van der Waals surface area contributed by atoms with E-state index < -0.39 is 0 Å². The number of nitrogens with one attached hydrogen (secondary N) is 1. The van der Waals surface area contributed by atoms with Crippen molar-refractivity contribution in [1.82, 2.24) is 10.2 Å². The molecule has 0 unspecified atom stereocenters. The molecular weight excluding hydrogens is 319 g/mol. The maximum atomic E-state index is 11.8. The van der Waals surface area contributed by atoms with Crippen molar-refractivity contribution >= 4 is 40.7 Å². The van der Waals surface area contributed by atoms with Crippen LogP contribution >= 0.6 is 34.8 Å². The molecule has 20 heavy (non-hydrogen) atoms. The number of rotatable bonds is 7. The molecule has 0 saturated heterocycles. The number of carbonyl (C=O) groups excluding carboxylic acids is 1. The lowest BCUT2D eigenvalue weighted by atomic mass is 10.2. The summed E-state index contributed by atoms with van der Waals surface area (Å²) >= 11 is 18.1. The second-order valence-corrected chi connectivity index (χ2v) is 5.51. The van der Waals surface area contributed by atoms with Crippen molar-refractivity contribution in [2.45, 2.75) is 26.8 Å². The van der Waals surface area contributed by atoms with Gasteiger partial charge < -0.3 is 10.2 Å². The van der Waals surface area contributed by atoms with E-state index in [1.54, 1.807) is 17.0 Å². The Morgan fingerprint density at radius 3 is 2.35 bits per heavy atom. The van der Waals surface area contributed by atoms with Crippen LogP contribution in [-0.2, 0) is 11.3 Å². The molecule has 3 nitrogen and oxygen atoms in total. The molecule has 1 rings (SSSR count). The number of nitrogens with zero attached hydrogens (tertiary/aromatic N) is 1. The van der Waals surface area contributed by atoms with Gasteiger partial charge in [0.05, 0.1) is 10.0 Å². The van der Waals surface area contributed by atoms with Crippen LogP contribution in [0.4, 0.5) is 0 Å². The van der Waals surface area contributed by atoms with Gasteiger partial charge in [0.25, 0.3) is 0 Å². The number of benzene rings is 1. The Bertz CT molecular complexity index is 462. The highest BCUT2D eigenvalue weighted by atomic mass is 35.5. The first-order valence-electron chi connectivity index (χ1n) is 6.62. The Labute approximate surface area is 135 Å². The third-order valence-electron chi connectivity index (χ3n) is 3.07. The summed E-state index contributed by atoms with van der Waals surface area (Å²) in [6.07, 6.45) is 0.456. The van der Waals surface area contributed by atoms with Crippen molar-refractivity contribution in [2.24, 2.45) is 0 Å². The summed E-state index contributed by atoms with van der Waals surface area (Å²) in [6.45, 7) is 6.49. The fourth-order valence-electron chi connectivity index (χ4n) is 1.87. The Balaban J connectivity index is 2.46. The predicted octanol–water partition coefficient (Wildman–Crippen LogP) is 3.99. The fraction of sp³-hybridized carbons (Fsp3) is 0.500. The highest BCUT2D eigenvalue weighted by molar-refractivity contribution is 6.44. The van der Waals surface area contributed by atoms with Crippen LogP contribution in [0.2, 0.25) is 15.1 Å². The van der Waals surface area contributed by atoms with E-state index in [0.29, 0.717) is 34.6 Å². The first-order valence-corrected chi connectivity index (χ1v) is 7.75. The summed E-state index contributed by atoms with van der Waals surface area (Å²) in [5.74, 6) is 0.144. The zero-order valence-electron chi connectivity index (χ0n) is 11.7. The molecule has 1 aromatic carbocycles. The smallest absolute Gasteiger partial charge is 0.223 e. The van der Waals surface area contributed by atoms with Crippen LogP contribution in [0.3, 0.4) is 0 Å². The monoisotopic (exact) mass is 336 g/mol. The lowest BCUT2D eigenvalue weighted by Gasteiger charge is -2.18. The third-order valence-corrected chi connectivity index (χ3v) is 4.27. The van der Waals surface area contributed by atoms with Crippen LogP contribution in [0.25, 0.3) is 0 Å². The first kappa shape index (κ1) is 17.6. The lowest BCUT2D eigenvalue weighted by Crippen LogP contribution is -2.32. The van der Waals surface area contributed by atoms with E-state index in [4.69, 9.17) is 34.8 Å². The molecule has 0 aliphatic carbocycles. The van der Waals surface area contributed by atoms with E-state index in [-0.39, 0.29) is 5.91 Å². The standard InChI is InChI=1S/C14H19Cl3N2O/c1-3-19(4-2)13(20)7-8-18-9-10-11(15)5-6-12(16)14(10)17/h5-6,18H,3-4,7-9H2,1-2H3. The summed E-state index contributed by atoms with van der Waals surface area (Å²) in [7, 11) is 0. The highest BCUT2D eigenvalue weighted by Gasteiger charge is 2.11. The van der Waals surface area contributed by atoms with Crippen LogP contribution in [0.1, 0.15) is 25.8 Å². The van der Waals surface area contributed by atoms with Crippen LogP contribution in [-0.4, -0.2) is 30.4 Å². The zero-order valence-corrected chi connectivity index (χ0v) is 13.9. The summed E-state index contributed by atoms with van der Waals surface area (Å²) in [5, 5.41) is 4.68. The molecule has 0 fully saturated rings. The second-order valence-electron chi connectivity index (χ2n) is 4.31. The quantitative estimate of drug-likeness (QED) is 0.602. The molecule has 1 N–H and O–H groups in total. The van der Waals surface area contributed by atoms with E-state index in [2.05, 4.69) is 5.32 Å². The van der Waals surface area contributed by atoms with E-state index in [1.165, 1.54) is 0 Å². The Morgan fingerprint density at radius 1 is 1.15 bits per heavy atom. The van der Waals surface area contributed by atoms with Gasteiger partial charge in [-0.15, -0.1) is 0 Å². The molecule has 0 aliphatic heterocycles. The number of hydrogen-bond donors (Lipinski definition) is 1. The molecule has 6 heteroatoms. The number of carbonyl (C=O) groups is 1. The number of hydrogen-bond acceptors (Lipinski definition) is 2. The van der Waals surface area contributed by atoms with E-state index in [9.17, 15) is 4.79 Å². The summed E-state index contributed by atoms with van der Waals surface area (Å²) < 4.78 is 0.